The summed E-state index contributed by atoms with van der Waals surface area (Å²) in [5.74, 6) is 0.111. The number of hydrogen-bond donors (Lipinski definition) is 2. The molecule has 0 aliphatic carbocycles. The van der Waals surface area contributed by atoms with Gasteiger partial charge in [0.1, 0.15) is 12.4 Å². The van der Waals surface area contributed by atoms with Crippen molar-refractivity contribution in [3.05, 3.63) is 64.6 Å². The van der Waals surface area contributed by atoms with Gasteiger partial charge in [-0.05, 0) is 23.8 Å². The molecule has 1 heterocycles. The number of rotatable bonds is 4. The Kier molecular flexibility index (Phi) is 3.42. The molecule has 3 rings (SSSR count). The Hall–Kier alpha value is -3.02. The van der Waals surface area contributed by atoms with Crippen molar-refractivity contribution in [2.45, 2.75) is 6.61 Å². The van der Waals surface area contributed by atoms with Gasteiger partial charge in [-0.1, -0.05) is 30.3 Å². The third-order valence-corrected chi connectivity index (χ3v) is 2.94. The Morgan fingerprint density at radius 3 is 2.71 bits per heavy atom. The van der Waals surface area contributed by atoms with E-state index in [1.165, 1.54) is 0 Å². The Morgan fingerprint density at radius 2 is 2.00 bits per heavy atom. The van der Waals surface area contributed by atoms with Crippen molar-refractivity contribution in [2.24, 2.45) is 0 Å². The summed E-state index contributed by atoms with van der Waals surface area (Å²) >= 11 is 0. The third kappa shape index (κ3) is 2.94. The number of nitrogen functional groups attached to an aromatic ring is 1. The number of nitrogens with one attached hydrogen (secondary N) is 1. The lowest BCUT2D eigenvalue weighted by atomic mass is 10.2. The number of H-pyrrole nitrogens is 1. The first-order valence-electron chi connectivity index (χ1n) is 6.34. The highest BCUT2D eigenvalue weighted by atomic mass is 16.5. The van der Waals surface area contributed by atoms with E-state index in [4.69, 9.17) is 14.9 Å². The van der Waals surface area contributed by atoms with Gasteiger partial charge < -0.3 is 14.9 Å². The molecule has 0 unspecified atom stereocenters. The minimum absolute atomic E-state index is 0.199. The molecule has 0 fully saturated rings. The molecule has 0 atom stereocenters. The SMILES string of the molecule is Nc1ccc(-c2n[nH]c(=O)o2)cc1OCc1ccccc1. The molecular weight excluding hydrogens is 270 g/mol. The molecule has 2 aromatic carbocycles. The number of anilines is 1. The van der Waals surface area contributed by atoms with Crippen molar-refractivity contribution in [3.63, 3.8) is 0 Å². The van der Waals surface area contributed by atoms with Crippen molar-refractivity contribution in [2.75, 3.05) is 5.73 Å². The van der Waals surface area contributed by atoms with E-state index in [0.29, 0.717) is 23.6 Å². The summed E-state index contributed by atoms with van der Waals surface area (Å²) in [6, 6.07) is 14.8. The highest BCUT2D eigenvalue weighted by molar-refractivity contribution is 5.64. The molecule has 0 spiro atoms. The van der Waals surface area contributed by atoms with Crippen molar-refractivity contribution in [3.8, 4) is 17.2 Å². The van der Waals surface area contributed by atoms with Crippen LogP contribution in [0.5, 0.6) is 5.75 Å². The lowest BCUT2D eigenvalue weighted by Crippen LogP contribution is -1.99. The molecule has 6 nitrogen and oxygen atoms in total. The Balaban J connectivity index is 1.83. The Labute approximate surface area is 120 Å². The lowest BCUT2D eigenvalue weighted by molar-refractivity contribution is 0.308. The zero-order valence-electron chi connectivity index (χ0n) is 11.1. The molecule has 0 amide bonds. The zero-order valence-corrected chi connectivity index (χ0v) is 11.1. The van der Waals surface area contributed by atoms with Crippen LogP contribution in [-0.2, 0) is 6.61 Å². The van der Waals surface area contributed by atoms with E-state index in [9.17, 15) is 4.79 Å². The van der Waals surface area contributed by atoms with Crippen LogP contribution in [0.25, 0.3) is 11.5 Å². The van der Waals surface area contributed by atoms with Crippen molar-refractivity contribution in [1.29, 1.82) is 0 Å². The van der Waals surface area contributed by atoms with Gasteiger partial charge in [-0.25, -0.2) is 9.89 Å². The van der Waals surface area contributed by atoms with Gasteiger partial charge in [0.15, 0.2) is 0 Å². The summed E-state index contributed by atoms with van der Waals surface area (Å²) < 4.78 is 10.6. The van der Waals surface area contributed by atoms with Crippen LogP contribution in [0, 0.1) is 0 Å². The van der Waals surface area contributed by atoms with Gasteiger partial charge in [-0.3, -0.25) is 0 Å². The first-order chi connectivity index (χ1) is 10.2. The number of nitrogens with zero attached hydrogens (tertiary/aromatic N) is 1. The molecule has 0 aliphatic heterocycles. The topological polar surface area (TPSA) is 94.1 Å². The van der Waals surface area contributed by atoms with Crippen molar-refractivity contribution in [1.82, 2.24) is 10.2 Å². The molecule has 0 saturated carbocycles. The maximum absolute atomic E-state index is 11.0. The number of aromatic nitrogens is 2. The van der Waals surface area contributed by atoms with E-state index < -0.39 is 5.76 Å². The maximum atomic E-state index is 11.0. The second-order valence-corrected chi connectivity index (χ2v) is 4.45. The summed E-state index contributed by atoms with van der Waals surface area (Å²) in [6.45, 7) is 0.402. The molecule has 21 heavy (non-hydrogen) atoms. The van der Waals surface area contributed by atoms with Gasteiger partial charge in [-0.15, -0.1) is 5.10 Å². The number of benzene rings is 2. The number of hydrogen-bond acceptors (Lipinski definition) is 5. The molecule has 0 saturated heterocycles. The van der Waals surface area contributed by atoms with Crippen LogP contribution in [0.3, 0.4) is 0 Å². The summed E-state index contributed by atoms with van der Waals surface area (Å²) in [7, 11) is 0. The fraction of sp³-hybridized carbons (Fsp3) is 0.0667. The van der Waals surface area contributed by atoms with Gasteiger partial charge in [-0.2, -0.15) is 0 Å². The molecule has 3 aromatic rings. The Morgan fingerprint density at radius 1 is 1.19 bits per heavy atom. The summed E-state index contributed by atoms with van der Waals surface area (Å²) in [5, 5.41) is 5.99. The predicted octanol–water partition coefficient (Wildman–Crippen LogP) is 2.19. The molecule has 6 heteroatoms. The van der Waals surface area contributed by atoms with E-state index in [-0.39, 0.29) is 5.89 Å². The summed E-state index contributed by atoms with van der Waals surface area (Å²) in [6.07, 6.45) is 0. The standard InChI is InChI=1S/C15H13N3O3/c16-12-7-6-11(14-17-18-15(19)21-14)8-13(12)20-9-10-4-2-1-3-5-10/h1-8H,9,16H2,(H,18,19). The number of aromatic amines is 1. The van der Waals surface area contributed by atoms with Crippen molar-refractivity contribution >= 4 is 5.69 Å². The molecule has 1 aromatic heterocycles. The van der Waals surface area contributed by atoms with E-state index >= 15 is 0 Å². The van der Waals surface area contributed by atoms with Gasteiger partial charge >= 0.3 is 5.76 Å². The fourth-order valence-electron chi connectivity index (χ4n) is 1.88. The number of nitrogens with two attached hydrogens (primary N) is 1. The van der Waals surface area contributed by atoms with E-state index in [1.54, 1.807) is 18.2 Å². The monoisotopic (exact) mass is 283 g/mol. The first-order valence-corrected chi connectivity index (χ1v) is 6.34. The molecule has 0 aliphatic rings. The van der Waals surface area contributed by atoms with Gasteiger partial charge in [0.2, 0.25) is 5.89 Å². The predicted molar refractivity (Wildman–Crippen MR) is 77.7 cm³/mol. The van der Waals surface area contributed by atoms with Crippen LogP contribution in [0.2, 0.25) is 0 Å². The van der Waals surface area contributed by atoms with E-state index in [1.807, 2.05) is 30.3 Å². The maximum Gasteiger partial charge on any atom is 0.434 e. The van der Waals surface area contributed by atoms with Crippen LogP contribution < -0.4 is 16.2 Å². The highest BCUT2D eigenvalue weighted by Gasteiger charge is 2.09. The average molecular weight is 283 g/mol. The van der Waals surface area contributed by atoms with Gasteiger partial charge in [0.05, 0.1) is 5.69 Å². The normalized spacial score (nSPS) is 10.5. The Bertz CT molecular complexity index is 793. The lowest BCUT2D eigenvalue weighted by Gasteiger charge is -2.09. The van der Waals surface area contributed by atoms with Crippen LogP contribution in [0.4, 0.5) is 5.69 Å². The zero-order chi connectivity index (χ0) is 14.7. The van der Waals surface area contributed by atoms with Crippen molar-refractivity contribution < 1.29 is 9.15 Å². The van der Waals surface area contributed by atoms with Crippen LogP contribution >= 0.6 is 0 Å². The largest absolute Gasteiger partial charge is 0.487 e. The minimum Gasteiger partial charge on any atom is -0.487 e. The highest BCUT2D eigenvalue weighted by Crippen LogP contribution is 2.28. The molecular formula is C15H13N3O3. The smallest absolute Gasteiger partial charge is 0.434 e. The van der Waals surface area contributed by atoms with Gasteiger partial charge in [0.25, 0.3) is 0 Å². The molecule has 0 bridgehead atoms. The quantitative estimate of drug-likeness (QED) is 0.716. The van der Waals surface area contributed by atoms with Gasteiger partial charge in [0, 0.05) is 5.56 Å². The van der Waals surface area contributed by atoms with Crippen LogP contribution in [-0.4, -0.2) is 10.2 Å². The third-order valence-electron chi connectivity index (χ3n) is 2.94. The van der Waals surface area contributed by atoms with E-state index in [0.717, 1.165) is 5.56 Å². The minimum atomic E-state index is -0.603. The molecule has 0 radical (unpaired) electrons. The second kappa shape index (κ2) is 5.54. The molecule has 106 valence electrons. The van der Waals surface area contributed by atoms with E-state index in [2.05, 4.69) is 10.2 Å². The molecule has 3 N–H and O–H groups in total. The summed E-state index contributed by atoms with van der Waals surface area (Å²) in [5.41, 5.74) is 8.05. The number of ether oxygens (including phenoxy) is 1. The fourth-order valence-corrected chi connectivity index (χ4v) is 1.88. The first kappa shape index (κ1) is 13.0. The van der Waals surface area contributed by atoms with Crippen LogP contribution in [0.15, 0.2) is 57.7 Å². The second-order valence-electron chi connectivity index (χ2n) is 4.45. The van der Waals surface area contributed by atoms with Crippen LogP contribution in [0.1, 0.15) is 5.56 Å². The average Bonchev–Trinajstić information content (AvgIpc) is 2.94. The summed E-state index contributed by atoms with van der Waals surface area (Å²) in [4.78, 5) is 11.0.